The summed E-state index contributed by atoms with van der Waals surface area (Å²) in [5, 5.41) is 13.4. The molecule has 10 nitrogen and oxygen atoms in total. The van der Waals surface area contributed by atoms with Gasteiger partial charge in [0, 0.05) is 29.6 Å². The van der Waals surface area contributed by atoms with Gasteiger partial charge in [-0.1, -0.05) is 12.1 Å². The molecule has 2 heterocycles. The van der Waals surface area contributed by atoms with Crippen LogP contribution in [0.25, 0.3) is 0 Å². The molecular weight excluding hydrogens is 469 g/mol. The highest BCUT2D eigenvalue weighted by Gasteiger charge is 2.30. The topological polar surface area (TPSA) is 131 Å². The fourth-order valence-electron chi connectivity index (χ4n) is 3.14. The number of pyridine rings is 1. The molecule has 1 amide bonds. The van der Waals surface area contributed by atoms with Crippen LogP contribution in [0.2, 0.25) is 0 Å². The van der Waals surface area contributed by atoms with E-state index in [1.807, 2.05) is 0 Å². The minimum atomic E-state index is -4.57. The van der Waals surface area contributed by atoms with Gasteiger partial charge in [-0.3, -0.25) is 25.4 Å². The first-order valence-corrected chi connectivity index (χ1v) is 9.94. The van der Waals surface area contributed by atoms with E-state index < -0.39 is 22.8 Å². The number of hydrogen-bond acceptors (Lipinski definition) is 8. The molecule has 0 aliphatic carbocycles. The van der Waals surface area contributed by atoms with Crippen molar-refractivity contribution in [1.29, 1.82) is 0 Å². The van der Waals surface area contributed by atoms with E-state index in [0.29, 0.717) is 22.7 Å². The lowest BCUT2D eigenvalue weighted by Crippen LogP contribution is -2.31. The van der Waals surface area contributed by atoms with Crippen LogP contribution < -0.4 is 10.8 Å². The number of hydrogen-bond donors (Lipinski definition) is 2. The first kappa shape index (κ1) is 23.4. The lowest BCUT2D eigenvalue weighted by molar-refractivity contribution is -0.384. The summed E-state index contributed by atoms with van der Waals surface area (Å²) in [7, 11) is 0. The van der Waals surface area contributed by atoms with Crippen molar-refractivity contribution in [2.45, 2.75) is 6.18 Å². The van der Waals surface area contributed by atoms with Crippen molar-refractivity contribution >= 4 is 34.7 Å². The second kappa shape index (κ2) is 9.59. The number of aromatic nitrogens is 1. The number of nitro groups is 1. The number of nitrogens with zero attached hydrogens (tertiary/aromatic N) is 4. The Kier molecular flexibility index (Phi) is 6.40. The second-order valence-corrected chi connectivity index (χ2v) is 7.09. The van der Waals surface area contributed by atoms with Gasteiger partial charge in [-0.05, 0) is 36.4 Å². The second-order valence-electron chi connectivity index (χ2n) is 7.09. The molecule has 0 saturated carbocycles. The highest BCUT2D eigenvalue weighted by atomic mass is 19.4. The maximum atomic E-state index is 12.9. The molecule has 2 N–H and O–H groups in total. The van der Waals surface area contributed by atoms with Crippen molar-refractivity contribution in [3.63, 3.8) is 0 Å². The Morgan fingerprint density at radius 1 is 1.09 bits per heavy atom. The van der Waals surface area contributed by atoms with Crippen LogP contribution in [-0.4, -0.2) is 34.1 Å². The van der Waals surface area contributed by atoms with Gasteiger partial charge in [-0.25, -0.2) is 15.3 Å². The largest absolute Gasteiger partial charge is 0.435 e. The monoisotopic (exact) mass is 484 g/mol. The molecule has 0 bridgehead atoms. The number of halogens is 3. The first-order chi connectivity index (χ1) is 16.7. The number of fused-ring (bicyclic) bond motifs is 1. The molecule has 35 heavy (non-hydrogen) atoms. The van der Waals surface area contributed by atoms with E-state index in [1.54, 1.807) is 24.4 Å². The average molecular weight is 484 g/mol. The standard InChI is InChI=1S/C22H15F3N6O4/c23-22(24,25)13-4-3-5-14(10-13)28-21(32)35-30-19-12-27-20(18-6-1-2-9-26-18)16-11-15(31(33)34)7-8-17(16)29-19/h1-11H,12H2,(H,28,32)(H,29,30). The van der Waals surface area contributed by atoms with Gasteiger partial charge in [0.2, 0.25) is 0 Å². The molecule has 13 heteroatoms. The number of nitro benzene ring substituents is 1. The summed E-state index contributed by atoms with van der Waals surface area (Å²) in [4.78, 5) is 40.7. The number of anilines is 1. The highest BCUT2D eigenvalue weighted by molar-refractivity contribution is 6.16. The molecule has 0 saturated heterocycles. The Bertz CT molecular complexity index is 1340. The number of carbonyl (C=O) groups is 1. The molecule has 4 rings (SSSR count). The summed E-state index contributed by atoms with van der Waals surface area (Å²) in [6.07, 6.45) is -4.11. The zero-order valence-corrected chi connectivity index (χ0v) is 17.6. The predicted molar refractivity (Wildman–Crippen MR) is 120 cm³/mol. The maximum absolute atomic E-state index is 12.9. The number of alkyl halides is 3. The van der Waals surface area contributed by atoms with E-state index in [1.165, 1.54) is 24.3 Å². The zero-order valence-electron chi connectivity index (χ0n) is 17.6. The normalized spacial score (nSPS) is 13.0. The molecule has 1 aliphatic rings. The van der Waals surface area contributed by atoms with Crippen molar-refractivity contribution in [2.75, 3.05) is 11.9 Å². The van der Waals surface area contributed by atoms with Crippen molar-refractivity contribution in [2.24, 2.45) is 9.98 Å². The number of benzene rings is 2. The quantitative estimate of drug-likeness (QED) is 0.411. The third-order valence-corrected chi connectivity index (χ3v) is 4.69. The fourth-order valence-corrected chi connectivity index (χ4v) is 3.14. The van der Waals surface area contributed by atoms with E-state index >= 15 is 0 Å². The lowest BCUT2D eigenvalue weighted by atomic mass is 10.0. The third-order valence-electron chi connectivity index (χ3n) is 4.69. The van der Waals surface area contributed by atoms with Crippen LogP contribution in [0.15, 0.2) is 76.8 Å². The molecule has 0 radical (unpaired) electrons. The van der Waals surface area contributed by atoms with E-state index in [4.69, 9.17) is 4.84 Å². The summed E-state index contributed by atoms with van der Waals surface area (Å²) in [5.74, 6) is 0.0743. The average Bonchev–Trinajstić information content (AvgIpc) is 3.01. The van der Waals surface area contributed by atoms with Crippen molar-refractivity contribution in [3.05, 3.63) is 93.8 Å². The van der Waals surface area contributed by atoms with E-state index in [-0.39, 0.29) is 23.8 Å². The number of carbonyl (C=O) groups excluding carboxylic acids is 1. The Hall–Kier alpha value is -4.81. The Morgan fingerprint density at radius 2 is 1.91 bits per heavy atom. The smallest absolute Gasteiger partial charge is 0.323 e. The van der Waals surface area contributed by atoms with Crippen LogP contribution in [0, 0.1) is 10.1 Å². The molecule has 178 valence electrons. The Labute approximate surface area is 195 Å². The summed E-state index contributed by atoms with van der Waals surface area (Å²) >= 11 is 0. The third kappa shape index (κ3) is 5.58. The number of amidine groups is 1. The van der Waals surface area contributed by atoms with Crippen LogP contribution in [0.3, 0.4) is 0 Å². The molecule has 0 fully saturated rings. The van der Waals surface area contributed by atoms with Gasteiger partial charge in [0.25, 0.3) is 5.69 Å². The predicted octanol–water partition coefficient (Wildman–Crippen LogP) is 4.64. The van der Waals surface area contributed by atoms with Crippen LogP contribution in [0.5, 0.6) is 0 Å². The van der Waals surface area contributed by atoms with Crippen LogP contribution >= 0.6 is 0 Å². The van der Waals surface area contributed by atoms with Gasteiger partial charge in [0.1, 0.15) is 6.54 Å². The molecule has 2 aromatic carbocycles. The molecule has 3 aromatic rings. The number of hydroxylamine groups is 1. The maximum Gasteiger partial charge on any atom is 0.435 e. The lowest BCUT2D eigenvalue weighted by Gasteiger charge is -2.11. The van der Waals surface area contributed by atoms with Crippen molar-refractivity contribution in [1.82, 2.24) is 10.5 Å². The molecule has 0 unspecified atom stereocenters. The van der Waals surface area contributed by atoms with Gasteiger partial charge in [-0.2, -0.15) is 13.2 Å². The number of non-ortho nitro benzene ring substituents is 1. The number of nitrogens with one attached hydrogen (secondary N) is 2. The highest BCUT2D eigenvalue weighted by Crippen LogP contribution is 2.31. The number of aliphatic imine (C=N–C) groups is 2. The molecular formula is C22H15F3N6O4. The van der Waals surface area contributed by atoms with Crippen molar-refractivity contribution < 1.29 is 27.7 Å². The van der Waals surface area contributed by atoms with Gasteiger partial charge < -0.3 is 4.84 Å². The van der Waals surface area contributed by atoms with Crippen LogP contribution in [0.4, 0.5) is 35.0 Å². The summed E-state index contributed by atoms with van der Waals surface area (Å²) in [6.45, 7) is -0.106. The summed E-state index contributed by atoms with van der Waals surface area (Å²) in [6, 6.07) is 13.2. The van der Waals surface area contributed by atoms with Gasteiger partial charge >= 0.3 is 12.3 Å². The fraction of sp³-hybridized carbons (Fsp3) is 0.0909. The van der Waals surface area contributed by atoms with Gasteiger partial charge in [-0.15, -0.1) is 0 Å². The number of amides is 1. The van der Waals surface area contributed by atoms with Crippen molar-refractivity contribution in [3.8, 4) is 0 Å². The zero-order chi connectivity index (χ0) is 25.0. The minimum absolute atomic E-state index is 0.0743. The summed E-state index contributed by atoms with van der Waals surface area (Å²) in [5.41, 5.74) is 2.56. The Balaban J connectivity index is 1.54. The summed E-state index contributed by atoms with van der Waals surface area (Å²) < 4.78 is 38.6. The number of rotatable bonds is 3. The van der Waals surface area contributed by atoms with E-state index in [2.05, 4.69) is 25.8 Å². The molecule has 0 spiro atoms. The molecule has 1 aromatic heterocycles. The van der Waals surface area contributed by atoms with E-state index in [0.717, 1.165) is 18.2 Å². The van der Waals surface area contributed by atoms with Gasteiger partial charge in [0.05, 0.1) is 27.6 Å². The molecule has 1 aliphatic heterocycles. The Morgan fingerprint density at radius 3 is 2.63 bits per heavy atom. The van der Waals surface area contributed by atoms with E-state index in [9.17, 15) is 28.1 Å². The van der Waals surface area contributed by atoms with Crippen LogP contribution in [-0.2, 0) is 11.0 Å². The SMILES string of the molecule is O=C(Nc1cccc(C(F)(F)F)c1)ONC1=Nc2ccc([N+](=O)[O-])cc2C(c2ccccn2)=NC1. The van der Waals surface area contributed by atoms with Crippen LogP contribution in [0.1, 0.15) is 16.8 Å². The first-order valence-electron chi connectivity index (χ1n) is 9.94. The molecule has 0 atom stereocenters. The van der Waals surface area contributed by atoms with Gasteiger partial charge in [0.15, 0.2) is 5.84 Å². The minimum Gasteiger partial charge on any atom is -0.323 e.